The second-order valence-corrected chi connectivity index (χ2v) is 4.76. The number of rotatable bonds is 3. The van der Waals surface area contributed by atoms with Crippen molar-refractivity contribution in [3.8, 4) is 0 Å². The van der Waals surface area contributed by atoms with Crippen LogP contribution in [0.3, 0.4) is 0 Å². The summed E-state index contributed by atoms with van der Waals surface area (Å²) in [6.07, 6.45) is 1.14. The van der Waals surface area contributed by atoms with E-state index in [-0.39, 0.29) is 19.3 Å². The number of carboxylic acids is 2. The van der Waals surface area contributed by atoms with E-state index < -0.39 is 23.1 Å². The van der Waals surface area contributed by atoms with Crippen LogP contribution >= 0.6 is 0 Å². The average Bonchev–Trinajstić information content (AvgIpc) is 2.70. The van der Waals surface area contributed by atoms with E-state index in [0.717, 1.165) is 0 Å². The monoisotopic (exact) mass is 244 g/mol. The summed E-state index contributed by atoms with van der Waals surface area (Å²) in [5.41, 5.74) is -1.16. The maximum atomic E-state index is 11.3. The van der Waals surface area contributed by atoms with Gasteiger partial charge in [0.2, 0.25) is 0 Å². The Morgan fingerprint density at radius 2 is 1.53 bits per heavy atom. The molecule has 0 amide bonds. The molecule has 1 saturated heterocycles. The van der Waals surface area contributed by atoms with Gasteiger partial charge in [0, 0.05) is 12.8 Å². The van der Waals surface area contributed by atoms with E-state index in [4.69, 9.17) is 14.6 Å². The third kappa shape index (κ3) is 2.28. The van der Waals surface area contributed by atoms with Crippen molar-refractivity contribution in [2.24, 2.45) is 5.41 Å². The molecule has 1 aliphatic carbocycles. The molecular formula is C11H16O6. The Morgan fingerprint density at radius 3 is 1.94 bits per heavy atom. The molecule has 96 valence electrons. The Hall–Kier alpha value is -1.14. The highest BCUT2D eigenvalue weighted by molar-refractivity contribution is 5.81. The third-order valence-corrected chi connectivity index (χ3v) is 3.73. The van der Waals surface area contributed by atoms with Gasteiger partial charge in [-0.05, 0) is 12.8 Å². The van der Waals surface area contributed by atoms with Gasteiger partial charge in [-0.1, -0.05) is 0 Å². The summed E-state index contributed by atoms with van der Waals surface area (Å²) in [5.74, 6) is -2.76. The molecule has 0 unspecified atom stereocenters. The highest BCUT2D eigenvalue weighted by Crippen LogP contribution is 2.46. The zero-order valence-corrected chi connectivity index (χ0v) is 9.48. The molecule has 2 N–H and O–H groups in total. The van der Waals surface area contributed by atoms with E-state index in [9.17, 15) is 14.7 Å². The summed E-state index contributed by atoms with van der Waals surface area (Å²) in [7, 11) is 0. The van der Waals surface area contributed by atoms with Crippen molar-refractivity contribution in [2.75, 3.05) is 13.2 Å². The van der Waals surface area contributed by atoms with Gasteiger partial charge < -0.3 is 19.7 Å². The number of hydrogen-bond donors (Lipinski definition) is 2. The van der Waals surface area contributed by atoms with Crippen molar-refractivity contribution in [1.29, 1.82) is 0 Å². The molecule has 0 radical (unpaired) electrons. The molecule has 0 aromatic rings. The normalized spacial score (nSPS) is 25.9. The second-order valence-electron chi connectivity index (χ2n) is 4.76. The summed E-state index contributed by atoms with van der Waals surface area (Å²) >= 11 is 0. The van der Waals surface area contributed by atoms with Crippen LogP contribution in [0.15, 0.2) is 0 Å². The first-order valence-electron chi connectivity index (χ1n) is 5.71. The minimum absolute atomic E-state index is 0.286. The van der Waals surface area contributed by atoms with Crippen LogP contribution in [-0.2, 0) is 19.1 Å². The smallest absolute Gasteiger partial charge is 0.310 e. The Bertz CT molecular complexity index is 321. The highest BCUT2D eigenvalue weighted by atomic mass is 16.7. The standard InChI is InChI=1S/C11H16O6/c12-8(13)7-10(9(14)15)1-3-11(4-2-10)16-5-6-17-11/h1-7H2,(H,12,13)(H,14,15). The topological polar surface area (TPSA) is 93.1 Å². The molecule has 0 atom stereocenters. The van der Waals surface area contributed by atoms with Gasteiger partial charge in [-0.15, -0.1) is 0 Å². The van der Waals surface area contributed by atoms with Crippen LogP contribution in [0, 0.1) is 5.41 Å². The van der Waals surface area contributed by atoms with Gasteiger partial charge in [-0.2, -0.15) is 0 Å². The van der Waals surface area contributed by atoms with Crippen LogP contribution < -0.4 is 0 Å². The van der Waals surface area contributed by atoms with Crippen LogP contribution in [0.4, 0.5) is 0 Å². The van der Waals surface area contributed by atoms with Gasteiger partial charge in [0.1, 0.15) is 0 Å². The largest absolute Gasteiger partial charge is 0.481 e. The summed E-state index contributed by atoms with van der Waals surface area (Å²) < 4.78 is 11.0. The van der Waals surface area contributed by atoms with Gasteiger partial charge in [0.15, 0.2) is 5.79 Å². The Kier molecular flexibility index (Phi) is 3.09. The van der Waals surface area contributed by atoms with Crippen LogP contribution in [0.1, 0.15) is 32.1 Å². The van der Waals surface area contributed by atoms with Gasteiger partial charge in [0.25, 0.3) is 0 Å². The lowest BCUT2D eigenvalue weighted by Gasteiger charge is -2.40. The number of ether oxygens (including phenoxy) is 2. The van der Waals surface area contributed by atoms with E-state index in [1.165, 1.54) is 0 Å². The first-order valence-corrected chi connectivity index (χ1v) is 5.71. The Balaban J connectivity index is 2.07. The minimum Gasteiger partial charge on any atom is -0.481 e. The fourth-order valence-electron chi connectivity index (χ4n) is 2.65. The molecule has 1 aliphatic heterocycles. The van der Waals surface area contributed by atoms with E-state index in [1.54, 1.807) is 0 Å². The molecule has 2 aliphatic rings. The molecule has 0 aromatic heterocycles. The maximum absolute atomic E-state index is 11.3. The number of carboxylic acid groups (broad SMARTS) is 2. The van der Waals surface area contributed by atoms with E-state index >= 15 is 0 Å². The minimum atomic E-state index is -1.16. The molecule has 6 nitrogen and oxygen atoms in total. The quantitative estimate of drug-likeness (QED) is 0.764. The van der Waals surface area contributed by atoms with Crippen LogP contribution in [-0.4, -0.2) is 41.2 Å². The molecule has 1 saturated carbocycles. The Morgan fingerprint density at radius 1 is 1.00 bits per heavy atom. The molecule has 17 heavy (non-hydrogen) atoms. The zero-order valence-electron chi connectivity index (χ0n) is 9.48. The molecule has 0 aromatic carbocycles. The summed E-state index contributed by atoms with van der Waals surface area (Å²) in [6, 6.07) is 0. The molecular weight excluding hydrogens is 228 g/mol. The second kappa shape index (κ2) is 4.27. The van der Waals surface area contributed by atoms with Crippen molar-refractivity contribution in [3.63, 3.8) is 0 Å². The lowest BCUT2D eigenvalue weighted by molar-refractivity contribution is -0.199. The molecule has 6 heteroatoms. The van der Waals surface area contributed by atoms with E-state index in [0.29, 0.717) is 26.1 Å². The van der Waals surface area contributed by atoms with Crippen molar-refractivity contribution >= 4 is 11.9 Å². The predicted molar refractivity (Wildman–Crippen MR) is 55.4 cm³/mol. The summed E-state index contributed by atoms with van der Waals surface area (Å²) in [4.78, 5) is 22.0. The third-order valence-electron chi connectivity index (χ3n) is 3.73. The van der Waals surface area contributed by atoms with Crippen molar-refractivity contribution in [3.05, 3.63) is 0 Å². The molecule has 1 heterocycles. The van der Waals surface area contributed by atoms with Crippen molar-refractivity contribution in [1.82, 2.24) is 0 Å². The van der Waals surface area contributed by atoms with E-state index in [1.807, 2.05) is 0 Å². The van der Waals surface area contributed by atoms with E-state index in [2.05, 4.69) is 0 Å². The first kappa shape index (κ1) is 12.3. The highest BCUT2D eigenvalue weighted by Gasteiger charge is 2.50. The fraction of sp³-hybridized carbons (Fsp3) is 0.818. The first-order chi connectivity index (χ1) is 7.98. The lowest BCUT2D eigenvalue weighted by atomic mass is 9.70. The average molecular weight is 244 g/mol. The molecule has 1 spiro atoms. The number of carbonyl (C=O) groups is 2. The number of aliphatic carboxylic acids is 2. The van der Waals surface area contributed by atoms with Crippen LogP contribution in [0.2, 0.25) is 0 Å². The number of hydrogen-bond acceptors (Lipinski definition) is 4. The van der Waals surface area contributed by atoms with Crippen LogP contribution in [0.25, 0.3) is 0 Å². The Labute approximate surface area is 98.5 Å². The zero-order chi connectivity index (χ0) is 12.5. The van der Waals surface area contributed by atoms with Crippen LogP contribution in [0.5, 0.6) is 0 Å². The van der Waals surface area contributed by atoms with Gasteiger partial charge in [0.05, 0.1) is 25.0 Å². The molecule has 0 bridgehead atoms. The molecule has 2 rings (SSSR count). The van der Waals surface area contributed by atoms with Gasteiger partial charge in [-0.3, -0.25) is 9.59 Å². The van der Waals surface area contributed by atoms with Crippen molar-refractivity contribution < 1.29 is 29.3 Å². The van der Waals surface area contributed by atoms with Crippen molar-refractivity contribution in [2.45, 2.75) is 37.9 Å². The predicted octanol–water partition coefficient (Wildman–Crippen LogP) is 0.849. The maximum Gasteiger partial charge on any atom is 0.310 e. The lowest BCUT2D eigenvalue weighted by Crippen LogP contribution is -2.44. The molecule has 2 fully saturated rings. The van der Waals surface area contributed by atoms with Gasteiger partial charge >= 0.3 is 11.9 Å². The summed E-state index contributed by atoms with van der Waals surface area (Å²) in [5, 5.41) is 18.0. The SMILES string of the molecule is O=C(O)CC1(C(=O)O)CCC2(CC1)OCCO2. The van der Waals surface area contributed by atoms with Gasteiger partial charge in [-0.25, -0.2) is 0 Å². The summed E-state index contributed by atoms with van der Waals surface area (Å²) in [6.45, 7) is 1.05. The fourth-order valence-corrected chi connectivity index (χ4v) is 2.65.